The standard InChI is InChI=1S/C14H21NO2S/c1-14(2,3)18-15-9-10-17-11-12-5-7-13(16-4)8-6-12/h5-9H,10-11H2,1-4H3/b15-9+. The van der Waals surface area contributed by atoms with Crippen LogP contribution in [0.3, 0.4) is 0 Å². The topological polar surface area (TPSA) is 30.8 Å². The van der Waals surface area contributed by atoms with Gasteiger partial charge in [0, 0.05) is 11.0 Å². The lowest BCUT2D eigenvalue weighted by Crippen LogP contribution is -2.05. The lowest BCUT2D eigenvalue weighted by Gasteiger charge is -2.12. The fourth-order valence-electron chi connectivity index (χ4n) is 1.18. The molecule has 0 saturated carbocycles. The van der Waals surface area contributed by atoms with Crippen LogP contribution in [0.2, 0.25) is 0 Å². The van der Waals surface area contributed by atoms with Crippen molar-refractivity contribution in [3.05, 3.63) is 29.8 Å². The molecule has 0 fully saturated rings. The molecular formula is C14H21NO2S. The van der Waals surface area contributed by atoms with Gasteiger partial charge in [0.25, 0.3) is 0 Å². The maximum absolute atomic E-state index is 5.50. The molecule has 0 radical (unpaired) electrons. The minimum Gasteiger partial charge on any atom is -0.497 e. The molecule has 4 heteroatoms. The van der Waals surface area contributed by atoms with E-state index in [1.165, 1.54) is 0 Å². The summed E-state index contributed by atoms with van der Waals surface area (Å²) in [5, 5.41) is 0. The Morgan fingerprint density at radius 1 is 1.22 bits per heavy atom. The minimum absolute atomic E-state index is 0.159. The van der Waals surface area contributed by atoms with Crippen molar-refractivity contribution < 1.29 is 9.47 Å². The van der Waals surface area contributed by atoms with E-state index < -0.39 is 0 Å². The van der Waals surface area contributed by atoms with Crippen molar-refractivity contribution in [3.8, 4) is 5.75 Å². The number of ether oxygens (including phenoxy) is 2. The highest BCUT2D eigenvalue weighted by Crippen LogP contribution is 2.23. The smallest absolute Gasteiger partial charge is 0.118 e. The molecule has 0 atom stereocenters. The van der Waals surface area contributed by atoms with Crippen molar-refractivity contribution in [3.63, 3.8) is 0 Å². The number of hydrogen-bond donors (Lipinski definition) is 0. The van der Waals surface area contributed by atoms with E-state index in [1.54, 1.807) is 25.3 Å². The molecular weight excluding hydrogens is 246 g/mol. The molecule has 0 saturated heterocycles. The zero-order chi connectivity index (χ0) is 13.4. The predicted molar refractivity (Wildman–Crippen MR) is 78.5 cm³/mol. The van der Waals surface area contributed by atoms with E-state index in [0.717, 1.165) is 11.3 Å². The first kappa shape index (κ1) is 15.1. The second kappa shape index (κ2) is 7.44. The van der Waals surface area contributed by atoms with Crippen LogP contribution in [0.4, 0.5) is 0 Å². The Balaban J connectivity index is 2.21. The summed E-state index contributed by atoms with van der Waals surface area (Å²) >= 11 is 1.56. The van der Waals surface area contributed by atoms with Crippen molar-refractivity contribution in [2.75, 3.05) is 13.7 Å². The summed E-state index contributed by atoms with van der Waals surface area (Å²) in [5.41, 5.74) is 1.13. The monoisotopic (exact) mass is 267 g/mol. The van der Waals surface area contributed by atoms with Gasteiger partial charge in [-0.1, -0.05) is 12.1 Å². The highest BCUT2D eigenvalue weighted by Gasteiger charge is 2.08. The summed E-state index contributed by atoms with van der Waals surface area (Å²) in [5.74, 6) is 0.863. The van der Waals surface area contributed by atoms with Gasteiger partial charge in [-0.2, -0.15) is 0 Å². The molecule has 0 unspecified atom stereocenters. The first-order chi connectivity index (χ1) is 8.51. The first-order valence-electron chi connectivity index (χ1n) is 5.92. The van der Waals surface area contributed by atoms with E-state index in [-0.39, 0.29) is 4.75 Å². The van der Waals surface area contributed by atoms with E-state index in [4.69, 9.17) is 9.47 Å². The Labute approximate surface area is 114 Å². The molecule has 0 spiro atoms. The lowest BCUT2D eigenvalue weighted by molar-refractivity contribution is 0.160. The highest BCUT2D eigenvalue weighted by molar-refractivity contribution is 7.99. The fraction of sp³-hybridized carbons (Fsp3) is 0.500. The molecule has 0 aliphatic rings. The third-order valence-corrected chi connectivity index (χ3v) is 2.82. The summed E-state index contributed by atoms with van der Waals surface area (Å²) in [4.78, 5) is 0. The lowest BCUT2D eigenvalue weighted by atomic mass is 10.2. The van der Waals surface area contributed by atoms with Gasteiger partial charge < -0.3 is 9.47 Å². The second-order valence-corrected chi connectivity index (χ2v) is 6.47. The Bertz CT molecular complexity index is 368. The molecule has 1 rings (SSSR count). The van der Waals surface area contributed by atoms with Gasteiger partial charge in [-0.15, -0.1) is 0 Å². The number of rotatable bonds is 6. The van der Waals surface area contributed by atoms with Crippen molar-refractivity contribution in [1.29, 1.82) is 0 Å². The molecule has 18 heavy (non-hydrogen) atoms. The van der Waals surface area contributed by atoms with Gasteiger partial charge in [-0.3, -0.25) is 0 Å². The average Bonchev–Trinajstić information content (AvgIpc) is 2.33. The molecule has 0 amide bonds. The third kappa shape index (κ3) is 6.67. The van der Waals surface area contributed by atoms with Crippen LogP contribution in [0.5, 0.6) is 5.75 Å². The van der Waals surface area contributed by atoms with Crippen LogP contribution in [0.25, 0.3) is 0 Å². The Morgan fingerprint density at radius 3 is 2.44 bits per heavy atom. The Morgan fingerprint density at radius 2 is 1.89 bits per heavy atom. The maximum Gasteiger partial charge on any atom is 0.118 e. The largest absolute Gasteiger partial charge is 0.497 e. The molecule has 0 aliphatic carbocycles. The molecule has 3 nitrogen and oxygen atoms in total. The van der Waals surface area contributed by atoms with Crippen LogP contribution in [-0.4, -0.2) is 24.7 Å². The highest BCUT2D eigenvalue weighted by atomic mass is 32.2. The van der Waals surface area contributed by atoms with Gasteiger partial charge in [0.2, 0.25) is 0 Å². The van der Waals surface area contributed by atoms with Gasteiger partial charge >= 0.3 is 0 Å². The van der Waals surface area contributed by atoms with E-state index in [1.807, 2.05) is 24.3 Å². The number of nitrogens with zero attached hydrogens (tertiary/aromatic N) is 1. The van der Waals surface area contributed by atoms with Crippen LogP contribution in [0.1, 0.15) is 26.3 Å². The first-order valence-corrected chi connectivity index (χ1v) is 6.69. The van der Waals surface area contributed by atoms with Crippen LogP contribution < -0.4 is 4.74 Å². The van der Waals surface area contributed by atoms with Crippen LogP contribution in [-0.2, 0) is 11.3 Å². The van der Waals surface area contributed by atoms with Crippen molar-refractivity contribution in [2.24, 2.45) is 4.40 Å². The SMILES string of the molecule is COc1ccc(COC/C=N/SC(C)(C)C)cc1. The van der Waals surface area contributed by atoms with Gasteiger partial charge in [-0.05, 0) is 50.4 Å². The van der Waals surface area contributed by atoms with Crippen molar-refractivity contribution in [2.45, 2.75) is 32.1 Å². The van der Waals surface area contributed by atoms with Crippen molar-refractivity contribution in [1.82, 2.24) is 0 Å². The molecule has 100 valence electrons. The summed E-state index contributed by atoms with van der Waals surface area (Å²) in [6.45, 7) is 7.53. The zero-order valence-corrected chi connectivity index (χ0v) is 12.3. The molecule has 1 aromatic carbocycles. The van der Waals surface area contributed by atoms with Crippen LogP contribution >= 0.6 is 11.9 Å². The van der Waals surface area contributed by atoms with E-state index in [9.17, 15) is 0 Å². The van der Waals surface area contributed by atoms with E-state index >= 15 is 0 Å². The summed E-state index contributed by atoms with van der Waals surface area (Å²) in [6, 6.07) is 7.87. The quantitative estimate of drug-likeness (QED) is 0.447. The number of benzene rings is 1. The second-order valence-electron chi connectivity index (χ2n) is 4.85. The molecule has 0 N–H and O–H groups in total. The van der Waals surface area contributed by atoms with Crippen molar-refractivity contribution >= 4 is 18.2 Å². The normalized spacial score (nSPS) is 12.0. The summed E-state index contributed by atoms with van der Waals surface area (Å²) < 4.78 is 15.0. The molecule has 1 aromatic rings. The number of methoxy groups -OCH3 is 1. The summed E-state index contributed by atoms with van der Waals surface area (Å²) in [7, 11) is 1.66. The Hall–Kier alpha value is -1.00. The molecule has 0 aliphatic heterocycles. The molecule has 0 heterocycles. The van der Waals surface area contributed by atoms with Gasteiger partial charge in [0.1, 0.15) is 5.75 Å². The fourth-order valence-corrected chi connectivity index (χ4v) is 1.63. The number of hydrogen-bond acceptors (Lipinski definition) is 4. The van der Waals surface area contributed by atoms with E-state index in [2.05, 4.69) is 25.2 Å². The van der Waals surface area contributed by atoms with E-state index in [0.29, 0.717) is 13.2 Å². The molecule has 0 bridgehead atoms. The molecule has 0 aromatic heterocycles. The average molecular weight is 267 g/mol. The summed E-state index contributed by atoms with van der Waals surface area (Å²) in [6.07, 6.45) is 1.80. The van der Waals surface area contributed by atoms with Gasteiger partial charge in [0.15, 0.2) is 0 Å². The minimum atomic E-state index is 0.159. The van der Waals surface area contributed by atoms with Crippen LogP contribution in [0.15, 0.2) is 28.7 Å². The Kier molecular flexibility index (Phi) is 6.22. The van der Waals surface area contributed by atoms with Gasteiger partial charge in [0.05, 0.1) is 20.3 Å². The van der Waals surface area contributed by atoms with Crippen LogP contribution in [0, 0.1) is 0 Å². The third-order valence-electron chi connectivity index (χ3n) is 2.02. The zero-order valence-electron chi connectivity index (χ0n) is 11.5. The maximum atomic E-state index is 5.50. The van der Waals surface area contributed by atoms with Gasteiger partial charge in [-0.25, -0.2) is 4.40 Å². The predicted octanol–water partition coefficient (Wildman–Crippen LogP) is 3.73.